The lowest BCUT2D eigenvalue weighted by atomic mass is 10.0. The van der Waals surface area contributed by atoms with Crippen LogP contribution in [0, 0.1) is 13.8 Å². The normalized spacial score (nSPS) is 10.3. The van der Waals surface area contributed by atoms with E-state index >= 15 is 0 Å². The third-order valence-electron chi connectivity index (χ3n) is 3.00. The number of ketones is 1. The summed E-state index contributed by atoms with van der Waals surface area (Å²) < 4.78 is 0. The maximum absolute atomic E-state index is 12.2. The van der Waals surface area contributed by atoms with Crippen molar-refractivity contribution >= 4 is 23.1 Å². The molecule has 0 aromatic heterocycles. The highest BCUT2D eigenvalue weighted by Crippen LogP contribution is 2.20. The summed E-state index contributed by atoms with van der Waals surface area (Å²) in [6, 6.07) is 13.2. The summed E-state index contributed by atoms with van der Waals surface area (Å²) in [5.41, 5.74) is 3.70. The Labute approximate surface area is 118 Å². The van der Waals surface area contributed by atoms with Crippen LogP contribution >= 0.6 is 11.6 Å². The van der Waals surface area contributed by atoms with Crippen LogP contribution in [0.4, 0.5) is 5.69 Å². The van der Waals surface area contributed by atoms with Gasteiger partial charge in [0.2, 0.25) is 0 Å². The van der Waals surface area contributed by atoms with Crippen molar-refractivity contribution in [2.75, 3.05) is 11.9 Å². The van der Waals surface area contributed by atoms with Gasteiger partial charge in [-0.15, -0.1) is 0 Å². The maximum Gasteiger partial charge on any atom is 0.182 e. The number of carbonyl (C=O) groups is 1. The van der Waals surface area contributed by atoms with Crippen LogP contribution < -0.4 is 5.32 Å². The summed E-state index contributed by atoms with van der Waals surface area (Å²) in [6.45, 7) is 4.21. The quantitative estimate of drug-likeness (QED) is 0.844. The van der Waals surface area contributed by atoms with E-state index in [1.165, 1.54) is 0 Å². The summed E-state index contributed by atoms with van der Waals surface area (Å²) >= 11 is 6.03. The Morgan fingerprint density at radius 3 is 2.58 bits per heavy atom. The monoisotopic (exact) mass is 273 g/mol. The van der Waals surface area contributed by atoms with Gasteiger partial charge in [-0.1, -0.05) is 47.5 Å². The Morgan fingerprint density at radius 2 is 1.89 bits per heavy atom. The van der Waals surface area contributed by atoms with Crippen LogP contribution in [0.3, 0.4) is 0 Å². The van der Waals surface area contributed by atoms with Crippen LogP contribution in [-0.4, -0.2) is 12.3 Å². The zero-order chi connectivity index (χ0) is 13.8. The van der Waals surface area contributed by atoms with Crippen molar-refractivity contribution in [1.82, 2.24) is 0 Å². The molecular weight excluding hydrogens is 258 g/mol. The lowest BCUT2D eigenvalue weighted by Crippen LogP contribution is -2.15. The van der Waals surface area contributed by atoms with E-state index in [0.717, 1.165) is 22.4 Å². The predicted molar refractivity (Wildman–Crippen MR) is 80.2 cm³/mol. The van der Waals surface area contributed by atoms with E-state index in [-0.39, 0.29) is 12.3 Å². The molecule has 3 heteroatoms. The minimum atomic E-state index is 0.0671. The number of aryl methyl sites for hydroxylation is 2. The second kappa shape index (κ2) is 5.89. The summed E-state index contributed by atoms with van der Waals surface area (Å²) in [6.07, 6.45) is 0. The smallest absolute Gasteiger partial charge is 0.182 e. The number of carbonyl (C=O) groups excluding carboxylic acids is 1. The van der Waals surface area contributed by atoms with Crippen LogP contribution in [0.1, 0.15) is 21.5 Å². The number of hydrogen-bond acceptors (Lipinski definition) is 2. The van der Waals surface area contributed by atoms with E-state index in [4.69, 9.17) is 11.6 Å². The first kappa shape index (κ1) is 13.6. The molecule has 0 saturated heterocycles. The minimum absolute atomic E-state index is 0.0671. The number of benzene rings is 2. The third kappa shape index (κ3) is 3.36. The van der Waals surface area contributed by atoms with E-state index in [1.807, 2.05) is 50.2 Å². The third-order valence-corrected chi connectivity index (χ3v) is 3.33. The van der Waals surface area contributed by atoms with Crippen LogP contribution in [0.25, 0.3) is 0 Å². The zero-order valence-corrected chi connectivity index (χ0v) is 11.8. The lowest BCUT2D eigenvalue weighted by Gasteiger charge is -2.09. The number of anilines is 1. The Bertz CT molecular complexity index is 607. The zero-order valence-electron chi connectivity index (χ0n) is 11.0. The summed E-state index contributed by atoms with van der Waals surface area (Å²) in [7, 11) is 0. The molecule has 0 spiro atoms. The van der Waals surface area contributed by atoms with Crippen molar-refractivity contribution in [2.24, 2.45) is 0 Å². The average Bonchev–Trinajstić information content (AvgIpc) is 2.37. The van der Waals surface area contributed by atoms with Crippen molar-refractivity contribution < 1.29 is 4.79 Å². The van der Waals surface area contributed by atoms with Gasteiger partial charge in [-0.25, -0.2) is 0 Å². The molecule has 19 heavy (non-hydrogen) atoms. The van der Waals surface area contributed by atoms with Crippen molar-refractivity contribution in [2.45, 2.75) is 13.8 Å². The first-order valence-electron chi connectivity index (χ1n) is 6.17. The van der Waals surface area contributed by atoms with Gasteiger partial charge in [0.05, 0.1) is 17.3 Å². The summed E-state index contributed by atoms with van der Waals surface area (Å²) in [5.74, 6) is 0.0671. The second-order valence-electron chi connectivity index (χ2n) is 4.57. The molecule has 2 aromatic carbocycles. The molecule has 0 bridgehead atoms. The first-order valence-corrected chi connectivity index (χ1v) is 6.54. The summed E-state index contributed by atoms with van der Waals surface area (Å²) in [4.78, 5) is 12.2. The van der Waals surface area contributed by atoms with Gasteiger partial charge in [0, 0.05) is 5.56 Å². The van der Waals surface area contributed by atoms with Crippen LogP contribution in [0.2, 0.25) is 5.02 Å². The molecule has 0 aliphatic carbocycles. The minimum Gasteiger partial charge on any atom is -0.376 e. The number of rotatable bonds is 4. The number of Topliss-reactive ketones (excluding diaryl/α,β-unsaturated/α-hetero) is 1. The molecule has 0 unspecified atom stereocenters. The van der Waals surface area contributed by atoms with Crippen molar-refractivity contribution in [3.63, 3.8) is 0 Å². The average molecular weight is 274 g/mol. The van der Waals surface area contributed by atoms with Gasteiger partial charge in [0.15, 0.2) is 5.78 Å². The standard InChI is InChI=1S/C16H16ClNO/c1-11-7-8-13(12(2)9-11)16(19)10-18-15-6-4-3-5-14(15)17/h3-9,18H,10H2,1-2H3. The molecule has 2 rings (SSSR count). The van der Waals surface area contributed by atoms with E-state index < -0.39 is 0 Å². The van der Waals surface area contributed by atoms with Gasteiger partial charge in [0.25, 0.3) is 0 Å². The highest BCUT2D eigenvalue weighted by Gasteiger charge is 2.09. The van der Waals surface area contributed by atoms with Gasteiger partial charge in [-0.05, 0) is 31.5 Å². The fourth-order valence-corrected chi connectivity index (χ4v) is 2.20. The van der Waals surface area contributed by atoms with Crippen molar-refractivity contribution in [1.29, 1.82) is 0 Å². The van der Waals surface area contributed by atoms with E-state index in [2.05, 4.69) is 5.32 Å². The SMILES string of the molecule is Cc1ccc(C(=O)CNc2ccccc2Cl)c(C)c1. The second-order valence-corrected chi connectivity index (χ2v) is 4.98. The molecule has 0 atom stereocenters. The molecule has 0 amide bonds. The maximum atomic E-state index is 12.2. The highest BCUT2D eigenvalue weighted by atomic mass is 35.5. The largest absolute Gasteiger partial charge is 0.376 e. The Hall–Kier alpha value is -1.80. The van der Waals surface area contributed by atoms with Crippen LogP contribution in [0.15, 0.2) is 42.5 Å². The molecule has 0 aliphatic heterocycles. The van der Waals surface area contributed by atoms with E-state index in [0.29, 0.717) is 5.02 Å². The number of halogens is 1. The topological polar surface area (TPSA) is 29.1 Å². The van der Waals surface area contributed by atoms with Gasteiger partial charge in [-0.3, -0.25) is 4.79 Å². The molecule has 2 nitrogen and oxygen atoms in total. The molecule has 0 saturated carbocycles. The Balaban J connectivity index is 2.08. The van der Waals surface area contributed by atoms with Crippen LogP contribution in [0.5, 0.6) is 0 Å². The van der Waals surface area contributed by atoms with Gasteiger partial charge < -0.3 is 5.32 Å². The molecule has 0 radical (unpaired) electrons. The van der Waals surface area contributed by atoms with Crippen LogP contribution in [-0.2, 0) is 0 Å². The molecule has 98 valence electrons. The first-order chi connectivity index (χ1) is 9.08. The van der Waals surface area contributed by atoms with E-state index in [1.54, 1.807) is 6.07 Å². The fourth-order valence-electron chi connectivity index (χ4n) is 2.00. The van der Waals surface area contributed by atoms with Gasteiger partial charge >= 0.3 is 0 Å². The molecule has 0 fully saturated rings. The number of para-hydroxylation sites is 1. The highest BCUT2D eigenvalue weighted by molar-refractivity contribution is 6.33. The fraction of sp³-hybridized carbons (Fsp3) is 0.188. The van der Waals surface area contributed by atoms with E-state index in [9.17, 15) is 4.79 Å². The molecule has 1 N–H and O–H groups in total. The number of hydrogen-bond donors (Lipinski definition) is 1. The Kier molecular flexibility index (Phi) is 4.23. The number of nitrogens with one attached hydrogen (secondary N) is 1. The molecule has 0 heterocycles. The lowest BCUT2D eigenvalue weighted by molar-refractivity contribution is 0.101. The molecular formula is C16H16ClNO. The summed E-state index contributed by atoms with van der Waals surface area (Å²) in [5, 5.41) is 3.69. The molecule has 2 aromatic rings. The van der Waals surface area contributed by atoms with Crippen molar-refractivity contribution in [3.05, 3.63) is 64.2 Å². The van der Waals surface area contributed by atoms with Gasteiger partial charge in [0.1, 0.15) is 0 Å². The molecule has 0 aliphatic rings. The van der Waals surface area contributed by atoms with Crippen molar-refractivity contribution in [3.8, 4) is 0 Å². The predicted octanol–water partition coefficient (Wildman–Crippen LogP) is 4.25. The Morgan fingerprint density at radius 1 is 1.16 bits per heavy atom. The van der Waals surface area contributed by atoms with Gasteiger partial charge in [-0.2, -0.15) is 0 Å².